The molecule has 1 aliphatic heterocycles. The summed E-state index contributed by atoms with van der Waals surface area (Å²) in [5, 5.41) is 0. The highest BCUT2D eigenvalue weighted by Gasteiger charge is 2.04. The minimum absolute atomic E-state index is 0.119. The molecule has 0 fully saturated rings. The first-order valence-electron chi connectivity index (χ1n) is 6.05. The second-order valence-electron chi connectivity index (χ2n) is 4.22. The summed E-state index contributed by atoms with van der Waals surface area (Å²) >= 11 is 0. The van der Waals surface area contributed by atoms with Crippen LogP contribution in [0.4, 0.5) is 0 Å². The Labute approximate surface area is 98.1 Å². The molecule has 0 aromatic carbocycles. The molecule has 1 aliphatic rings. The molecule has 1 unspecified atom stereocenters. The van der Waals surface area contributed by atoms with Gasteiger partial charge in [-0.05, 0) is 25.2 Å². The highest BCUT2D eigenvalue weighted by molar-refractivity contribution is 5.71. The van der Waals surface area contributed by atoms with Crippen LogP contribution in [0, 0.1) is 17.8 Å². The molecule has 0 spiro atoms. The third-order valence-corrected chi connectivity index (χ3v) is 2.65. The molecule has 16 heavy (non-hydrogen) atoms. The molecule has 0 aromatic rings. The molecule has 0 N–H and O–H groups in total. The quantitative estimate of drug-likeness (QED) is 0.356. The van der Waals surface area contributed by atoms with Crippen molar-refractivity contribution in [3.05, 3.63) is 12.2 Å². The molecule has 2 heteroatoms. The van der Waals surface area contributed by atoms with Gasteiger partial charge >= 0.3 is 5.97 Å². The van der Waals surface area contributed by atoms with Crippen LogP contribution in [0.25, 0.3) is 0 Å². The number of carbonyl (C=O) groups is 1. The molecule has 1 heterocycles. The summed E-state index contributed by atoms with van der Waals surface area (Å²) in [6.07, 6.45) is 9.08. The SMILES string of the molecule is CC1CCC#CCCC=CCC(=O)OCC1. The molecule has 0 bridgehead atoms. The van der Waals surface area contributed by atoms with Gasteiger partial charge in [0.2, 0.25) is 0 Å². The standard InChI is InChI=1S/C14H20O2/c1-13-9-7-5-3-2-4-6-8-10-14(15)16-12-11-13/h6,8,13H,2,4,7,9-12H2,1H3. The number of hydrogen-bond acceptors (Lipinski definition) is 2. The van der Waals surface area contributed by atoms with Crippen molar-refractivity contribution < 1.29 is 9.53 Å². The van der Waals surface area contributed by atoms with Crippen molar-refractivity contribution in [2.24, 2.45) is 5.92 Å². The molecule has 1 atom stereocenters. The molecule has 88 valence electrons. The van der Waals surface area contributed by atoms with E-state index in [1.54, 1.807) is 0 Å². The molecule has 0 aliphatic carbocycles. The van der Waals surface area contributed by atoms with Gasteiger partial charge in [-0.15, -0.1) is 11.8 Å². The minimum Gasteiger partial charge on any atom is -0.465 e. The van der Waals surface area contributed by atoms with Crippen LogP contribution in [-0.4, -0.2) is 12.6 Å². The smallest absolute Gasteiger partial charge is 0.309 e. The molecule has 2 nitrogen and oxygen atoms in total. The zero-order valence-corrected chi connectivity index (χ0v) is 10.00. The fraction of sp³-hybridized carbons (Fsp3) is 0.643. The predicted octanol–water partition coefficient (Wildman–Crippen LogP) is 3.08. The molecule has 1 rings (SSSR count). The van der Waals surface area contributed by atoms with Gasteiger partial charge in [-0.2, -0.15) is 0 Å². The van der Waals surface area contributed by atoms with Crippen LogP contribution in [0.15, 0.2) is 12.2 Å². The maximum atomic E-state index is 11.3. The fourth-order valence-corrected chi connectivity index (χ4v) is 1.53. The Hall–Kier alpha value is -1.23. The van der Waals surface area contributed by atoms with Gasteiger partial charge in [0.15, 0.2) is 0 Å². The molecular weight excluding hydrogens is 200 g/mol. The van der Waals surface area contributed by atoms with Gasteiger partial charge in [0.05, 0.1) is 13.0 Å². The van der Waals surface area contributed by atoms with Crippen molar-refractivity contribution in [2.45, 2.75) is 45.4 Å². The fourth-order valence-electron chi connectivity index (χ4n) is 1.53. The summed E-state index contributed by atoms with van der Waals surface area (Å²) in [6, 6.07) is 0. The lowest BCUT2D eigenvalue weighted by molar-refractivity contribution is -0.142. The van der Waals surface area contributed by atoms with Crippen LogP contribution in [0.3, 0.4) is 0 Å². The largest absolute Gasteiger partial charge is 0.465 e. The van der Waals surface area contributed by atoms with Gasteiger partial charge in [-0.3, -0.25) is 4.79 Å². The second-order valence-corrected chi connectivity index (χ2v) is 4.22. The molecule has 0 saturated heterocycles. The van der Waals surface area contributed by atoms with Gasteiger partial charge in [-0.25, -0.2) is 0 Å². The van der Waals surface area contributed by atoms with Crippen LogP contribution < -0.4 is 0 Å². The Kier molecular flexibility index (Phi) is 6.41. The number of hydrogen-bond donors (Lipinski definition) is 0. The van der Waals surface area contributed by atoms with E-state index in [0.717, 1.165) is 32.1 Å². The van der Waals surface area contributed by atoms with E-state index in [0.29, 0.717) is 18.9 Å². The van der Waals surface area contributed by atoms with Gasteiger partial charge in [0.1, 0.15) is 0 Å². The number of ether oxygens (including phenoxy) is 1. The Morgan fingerprint density at radius 3 is 2.94 bits per heavy atom. The lowest BCUT2D eigenvalue weighted by Crippen LogP contribution is -2.07. The Bertz CT molecular complexity index is 294. The highest BCUT2D eigenvalue weighted by atomic mass is 16.5. The average Bonchev–Trinajstić information content (AvgIpc) is 2.26. The van der Waals surface area contributed by atoms with E-state index >= 15 is 0 Å². The Balaban J connectivity index is 2.41. The van der Waals surface area contributed by atoms with Crippen molar-refractivity contribution >= 4 is 5.97 Å². The maximum absolute atomic E-state index is 11.3. The monoisotopic (exact) mass is 220 g/mol. The first-order valence-corrected chi connectivity index (χ1v) is 6.05. The van der Waals surface area contributed by atoms with Crippen LogP contribution in [0.2, 0.25) is 0 Å². The van der Waals surface area contributed by atoms with Crippen LogP contribution in [0.1, 0.15) is 45.4 Å². The summed E-state index contributed by atoms with van der Waals surface area (Å²) < 4.78 is 5.13. The van der Waals surface area contributed by atoms with Crippen molar-refractivity contribution in [2.75, 3.05) is 6.61 Å². The van der Waals surface area contributed by atoms with E-state index < -0.39 is 0 Å². The summed E-state index contributed by atoms with van der Waals surface area (Å²) in [5.74, 6) is 6.81. The lowest BCUT2D eigenvalue weighted by atomic mass is 10.0. The second kappa shape index (κ2) is 7.98. The first-order chi connectivity index (χ1) is 7.79. The lowest BCUT2D eigenvalue weighted by Gasteiger charge is -2.09. The molecule has 0 saturated carbocycles. The van der Waals surface area contributed by atoms with E-state index in [1.807, 2.05) is 12.2 Å². The third-order valence-electron chi connectivity index (χ3n) is 2.65. The number of esters is 1. The van der Waals surface area contributed by atoms with Crippen molar-refractivity contribution in [1.29, 1.82) is 0 Å². The first kappa shape index (κ1) is 12.8. The summed E-state index contributed by atoms with van der Waals surface area (Å²) in [4.78, 5) is 11.3. The van der Waals surface area contributed by atoms with E-state index in [4.69, 9.17) is 4.74 Å². The summed E-state index contributed by atoms with van der Waals surface area (Å²) in [7, 11) is 0. The van der Waals surface area contributed by atoms with Crippen molar-refractivity contribution in [3.63, 3.8) is 0 Å². The zero-order valence-electron chi connectivity index (χ0n) is 10.00. The van der Waals surface area contributed by atoms with Crippen LogP contribution in [0.5, 0.6) is 0 Å². The Morgan fingerprint density at radius 2 is 2.06 bits per heavy atom. The summed E-state index contributed by atoms with van der Waals surface area (Å²) in [6.45, 7) is 2.72. The van der Waals surface area contributed by atoms with Gasteiger partial charge in [0.25, 0.3) is 0 Å². The van der Waals surface area contributed by atoms with E-state index in [-0.39, 0.29) is 5.97 Å². The van der Waals surface area contributed by atoms with E-state index in [2.05, 4.69) is 18.8 Å². The Morgan fingerprint density at radius 1 is 1.25 bits per heavy atom. The van der Waals surface area contributed by atoms with Crippen LogP contribution >= 0.6 is 0 Å². The number of carbonyl (C=O) groups excluding carboxylic acids is 1. The molecule has 0 amide bonds. The third kappa shape index (κ3) is 6.29. The maximum Gasteiger partial charge on any atom is 0.309 e. The van der Waals surface area contributed by atoms with Crippen LogP contribution in [-0.2, 0) is 9.53 Å². The van der Waals surface area contributed by atoms with E-state index in [1.165, 1.54) is 0 Å². The average molecular weight is 220 g/mol. The minimum atomic E-state index is -0.119. The van der Waals surface area contributed by atoms with E-state index in [9.17, 15) is 4.79 Å². The normalized spacial score (nSPS) is 23.8. The van der Waals surface area contributed by atoms with Gasteiger partial charge < -0.3 is 4.74 Å². The summed E-state index contributed by atoms with van der Waals surface area (Å²) in [5.41, 5.74) is 0. The molecular formula is C14H20O2. The zero-order chi connectivity index (χ0) is 11.6. The predicted molar refractivity (Wildman–Crippen MR) is 64.7 cm³/mol. The highest BCUT2D eigenvalue weighted by Crippen LogP contribution is 2.10. The number of allylic oxidation sites excluding steroid dienone is 1. The topological polar surface area (TPSA) is 26.3 Å². The van der Waals surface area contributed by atoms with Crippen molar-refractivity contribution in [3.8, 4) is 11.8 Å². The van der Waals surface area contributed by atoms with Gasteiger partial charge in [-0.1, -0.05) is 19.1 Å². The molecule has 0 aromatic heterocycles. The molecule has 0 radical (unpaired) electrons. The van der Waals surface area contributed by atoms with Crippen molar-refractivity contribution in [1.82, 2.24) is 0 Å². The number of rotatable bonds is 0. The number of cyclic esters (lactones) is 1. The van der Waals surface area contributed by atoms with Gasteiger partial charge in [0, 0.05) is 12.8 Å².